The van der Waals surface area contributed by atoms with Gasteiger partial charge in [-0.1, -0.05) is 13.3 Å². The minimum Gasteiger partial charge on any atom is -0.373 e. The summed E-state index contributed by atoms with van der Waals surface area (Å²) >= 11 is 0. The van der Waals surface area contributed by atoms with E-state index in [9.17, 15) is 0 Å². The van der Waals surface area contributed by atoms with Gasteiger partial charge < -0.3 is 10.5 Å². The molecule has 84 valence electrons. The summed E-state index contributed by atoms with van der Waals surface area (Å²) < 4.78 is 5.71. The quantitative estimate of drug-likeness (QED) is 0.741. The molecular formula is C11H24N2O. The molecule has 14 heavy (non-hydrogen) atoms. The number of nitrogens with zero attached hydrogens (tertiary/aromatic N) is 1. The van der Waals surface area contributed by atoms with Gasteiger partial charge in [-0.05, 0) is 20.3 Å². The van der Waals surface area contributed by atoms with Gasteiger partial charge in [0.05, 0.1) is 12.2 Å². The lowest BCUT2D eigenvalue weighted by Gasteiger charge is -2.39. The molecule has 0 saturated carbocycles. The Bertz CT molecular complexity index is 153. The minimum atomic E-state index is 0.352. The highest BCUT2D eigenvalue weighted by Crippen LogP contribution is 2.15. The number of hydrogen-bond acceptors (Lipinski definition) is 3. The molecule has 0 aromatic heterocycles. The Morgan fingerprint density at radius 1 is 1.36 bits per heavy atom. The lowest BCUT2D eigenvalue weighted by Crippen LogP contribution is -2.52. The van der Waals surface area contributed by atoms with E-state index in [-0.39, 0.29) is 0 Å². The van der Waals surface area contributed by atoms with Crippen molar-refractivity contribution in [3.8, 4) is 0 Å². The van der Waals surface area contributed by atoms with Gasteiger partial charge in [0.15, 0.2) is 0 Å². The highest BCUT2D eigenvalue weighted by atomic mass is 16.5. The van der Waals surface area contributed by atoms with Crippen LogP contribution in [0.5, 0.6) is 0 Å². The highest BCUT2D eigenvalue weighted by Gasteiger charge is 2.26. The molecule has 1 rings (SSSR count). The lowest BCUT2D eigenvalue weighted by molar-refractivity contribution is -0.0801. The van der Waals surface area contributed by atoms with E-state index in [0.29, 0.717) is 18.2 Å². The summed E-state index contributed by atoms with van der Waals surface area (Å²) in [4.78, 5) is 2.49. The largest absolute Gasteiger partial charge is 0.373 e. The van der Waals surface area contributed by atoms with Crippen molar-refractivity contribution in [3.05, 3.63) is 0 Å². The predicted molar refractivity (Wildman–Crippen MR) is 59.3 cm³/mol. The van der Waals surface area contributed by atoms with Gasteiger partial charge in [0.2, 0.25) is 0 Å². The van der Waals surface area contributed by atoms with E-state index < -0.39 is 0 Å². The van der Waals surface area contributed by atoms with Crippen molar-refractivity contribution in [1.82, 2.24) is 4.90 Å². The maximum absolute atomic E-state index is 5.80. The van der Waals surface area contributed by atoms with Crippen molar-refractivity contribution in [2.45, 2.75) is 51.9 Å². The summed E-state index contributed by atoms with van der Waals surface area (Å²) in [7, 11) is 0. The van der Waals surface area contributed by atoms with Crippen LogP contribution in [0.3, 0.4) is 0 Å². The third-order valence-corrected chi connectivity index (χ3v) is 2.86. The van der Waals surface area contributed by atoms with E-state index in [1.807, 2.05) is 0 Å². The van der Waals surface area contributed by atoms with Gasteiger partial charge in [-0.2, -0.15) is 0 Å². The molecule has 0 aromatic carbocycles. The molecular weight excluding hydrogens is 176 g/mol. The molecule has 0 spiro atoms. The monoisotopic (exact) mass is 200 g/mol. The van der Waals surface area contributed by atoms with E-state index >= 15 is 0 Å². The fourth-order valence-corrected chi connectivity index (χ4v) is 2.30. The Morgan fingerprint density at radius 2 is 1.93 bits per heavy atom. The first-order valence-electron chi connectivity index (χ1n) is 5.77. The van der Waals surface area contributed by atoms with Crippen LogP contribution >= 0.6 is 0 Å². The molecule has 3 unspecified atom stereocenters. The van der Waals surface area contributed by atoms with Gasteiger partial charge in [-0.25, -0.2) is 0 Å². The number of morpholine rings is 1. The van der Waals surface area contributed by atoms with Gasteiger partial charge in [0, 0.05) is 25.7 Å². The van der Waals surface area contributed by atoms with Gasteiger partial charge in [-0.15, -0.1) is 0 Å². The van der Waals surface area contributed by atoms with Crippen LogP contribution in [-0.2, 0) is 4.74 Å². The van der Waals surface area contributed by atoms with Crippen LogP contribution in [0.4, 0.5) is 0 Å². The second-order valence-corrected chi connectivity index (χ2v) is 4.39. The molecule has 2 N–H and O–H groups in total. The summed E-state index contributed by atoms with van der Waals surface area (Å²) in [6.45, 7) is 9.34. The standard InChI is InChI=1S/C11H24N2O/c1-4-5-11(6-12)13-7-9(2)14-10(3)8-13/h9-11H,4-8,12H2,1-3H3. The Hall–Kier alpha value is -0.120. The first-order valence-corrected chi connectivity index (χ1v) is 5.77. The summed E-state index contributed by atoms with van der Waals surface area (Å²) in [5.74, 6) is 0. The molecule has 1 aliphatic heterocycles. The fraction of sp³-hybridized carbons (Fsp3) is 1.00. The fourth-order valence-electron chi connectivity index (χ4n) is 2.30. The van der Waals surface area contributed by atoms with E-state index in [1.54, 1.807) is 0 Å². The van der Waals surface area contributed by atoms with Crippen molar-refractivity contribution in [2.24, 2.45) is 5.73 Å². The zero-order chi connectivity index (χ0) is 10.6. The SMILES string of the molecule is CCCC(CN)N1CC(C)OC(C)C1. The number of hydrogen-bond donors (Lipinski definition) is 1. The Labute approximate surface area is 87.6 Å². The third kappa shape index (κ3) is 3.23. The molecule has 0 amide bonds. The molecule has 0 aliphatic carbocycles. The van der Waals surface area contributed by atoms with Gasteiger partial charge >= 0.3 is 0 Å². The molecule has 0 radical (unpaired) electrons. The van der Waals surface area contributed by atoms with Gasteiger partial charge in [-0.3, -0.25) is 4.90 Å². The van der Waals surface area contributed by atoms with E-state index in [2.05, 4.69) is 25.7 Å². The molecule has 1 heterocycles. The van der Waals surface area contributed by atoms with Crippen molar-refractivity contribution >= 4 is 0 Å². The van der Waals surface area contributed by atoms with Crippen LogP contribution in [-0.4, -0.2) is 42.8 Å². The maximum Gasteiger partial charge on any atom is 0.0678 e. The van der Waals surface area contributed by atoms with Crippen LogP contribution in [0, 0.1) is 0 Å². The number of rotatable bonds is 4. The Kier molecular flexibility index (Phi) is 4.85. The second-order valence-electron chi connectivity index (χ2n) is 4.39. The van der Waals surface area contributed by atoms with E-state index in [4.69, 9.17) is 10.5 Å². The summed E-state index contributed by atoms with van der Waals surface area (Å²) in [6, 6.07) is 0.550. The second kappa shape index (κ2) is 5.69. The van der Waals surface area contributed by atoms with Gasteiger partial charge in [0.25, 0.3) is 0 Å². The Morgan fingerprint density at radius 3 is 2.36 bits per heavy atom. The summed E-state index contributed by atoms with van der Waals surface area (Å²) in [5, 5.41) is 0. The van der Waals surface area contributed by atoms with Crippen molar-refractivity contribution in [1.29, 1.82) is 0 Å². The molecule has 1 fully saturated rings. The topological polar surface area (TPSA) is 38.5 Å². The normalized spacial score (nSPS) is 31.7. The lowest BCUT2D eigenvalue weighted by atomic mass is 10.1. The Balaban J connectivity index is 2.47. The zero-order valence-electron chi connectivity index (χ0n) is 9.70. The maximum atomic E-state index is 5.80. The molecule has 3 atom stereocenters. The molecule has 0 aromatic rings. The molecule has 0 bridgehead atoms. The van der Waals surface area contributed by atoms with Crippen LogP contribution in [0.2, 0.25) is 0 Å². The molecule has 3 nitrogen and oxygen atoms in total. The summed E-state index contributed by atoms with van der Waals surface area (Å²) in [6.07, 6.45) is 3.12. The van der Waals surface area contributed by atoms with Crippen LogP contribution in [0.15, 0.2) is 0 Å². The predicted octanol–water partition coefficient (Wildman–Crippen LogP) is 1.22. The summed E-state index contributed by atoms with van der Waals surface area (Å²) in [5.41, 5.74) is 5.80. The van der Waals surface area contributed by atoms with Crippen molar-refractivity contribution in [3.63, 3.8) is 0 Å². The molecule has 1 saturated heterocycles. The zero-order valence-corrected chi connectivity index (χ0v) is 9.70. The van der Waals surface area contributed by atoms with Crippen LogP contribution in [0.1, 0.15) is 33.6 Å². The first kappa shape index (κ1) is 12.0. The molecule has 3 heteroatoms. The highest BCUT2D eigenvalue weighted by molar-refractivity contribution is 4.80. The van der Waals surface area contributed by atoms with Crippen molar-refractivity contribution in [2.75, 3.05) is 19.6 Å². The van der Waals surface area contributed by atoms with Gasteiger partial charge in [0.1, 0.15) is 0 Å². The van der Waals surface area contributed by atoms with E-state index in [0.717, 1.165) is 19.6 Å². The third-order valence-electron chi connectivity index (χ3n) is 2.86. The molecule has 1 aliphatic rings. The average molecular weight is 200 g/mol. The average Bonchev–Trinajstić information content (AvgIpc) is 2.12. The van der Waals surface area contributed by atoms with Crippen LogP contribution in [0.25, 0.3) is 0 Å². The van der Waals surface area contributed by atoms with Crippen LogP contribution < -0.4 is 5.73 Å². The smallest absolute Gasteiger partial charge is 0.0678 e. The number of ether oxygens (including phenoxy) is 1. The van der Waals surface area contributed by atoms with Crippen molar-refractivity contribution < 1.29 is 4.74 Å². The number of nitrogens with two attached hydrogens (primary N) is 1. The van der Waals surface area contributed by atoms with E-state index in [1.165, 1.54) is 12.8 Å². The first-order chi connectivity index (χ1) is 6.67. The minimum absolute atomic E-state index is 0.352.